The Morgan fingerprint density at radius 1 is 1.43 bits per heavy atom. The molecule has 0 bridgehead atoms. The van der Waals surface area contributed by atoms with E-state index in [0.717, 1.165) is 0 Å². The summed E-state index contributed by atoms with van der Waals surface area (Å²) in [6, 6.07) is 7.21. The summed E-state index contributed by atoms with van der Waals surface area (Å²) in [6.45, 7) is 7.53. The molecule has 114 valence electrons. The Morgan fingerprint density at radius 3 is 2.76 bits per heavy atom. The smallest absolute Gasteiger partial charge is 0.168 e. The number of halogens is 1. The van der Waals surface area contributed by atoms with Crippen molar-refractivity contribution in [1.29, 1.82) is 0 Å². The number of aryl methyl sites for hydroxylation is 1. The van der Waals surface area contributed by atoms with Gasteiger partial charge in [0.15, 0.2) is 11.9 Å². The Morgan fingerprint density at radius 2 is 2.14 bits per heavy atom. The summed E-state index contributed by atoms with van der Waals surface area (Å²) in [4.78, 5) is 4.40. The Hall–Kier alpha value is -1.59. The van der Waals surface area contributed by atoms with E-state index in [2.05, 4.69) is 10.1 Å². The number of ether oxygens (including phenoxy) is 1. The standard InChI is InChI=1S/C15H20ClN3O2/c1-10(21-13-7-5-6-12(16)8-13)14-17-11(2)18-19(14)9-15(3,4)20/h5-8,10,20H,9H2,1-4H3/t10-/m0/s1. The van der Waals surface area contributed by atoms with Gasteiger partial charge < -0.3 is 9.84 Å². The number of nitrogens with zero attached hydrogens (tertiary/aromatic N) is 3. The number of hydrogen-bond donors (Lipinski definition) is 1. The Labute approximate surface area is 129 Å². The molecule has 0 aliphatic heterocycles. The summed E-state index contributed by atoms with van der Waals surface area (Å²) in [6.07, 6.45) is -0.299. The van der Waals surface area contributed by atoms with E-state index < -0.39 is 5.60 Å². The second-order valence-electron chi connectivity index (χ2n) is 5.70. The first-order valence-corrected chi connectivity index (χ1v) is 7.18. The monoisotopic (exact) mass is 309 g/mol. The van der Waals surface area contributed by atoms with Crippen LogP contribution in [0.15, 0.2) is 24.3 Å². The van der Waals surface area contributed by atoms with E-state index in [1.54, 1.807) is 30.7 Å². The molecule has 2 rings (SSSR count). The number of aliphatic hydroxyl groups is 1. The third-order valence-corrected chi connectivity index (χ3v) is 3.05. The SMILES string of the molecule is Cc1nc([C@H](C)Oc2cccc(Cl)c2)n(CC(C)(C)O)n1. The van der Waals surface area contributed by atoms with Gasteiger partial charge in [-0.3, -0.25) is 0 Å². The average molecular weight is 310 g/mol. The van der Waals surface area contributed by atoms with Crippen LogP contribution in [0.4, 0.5) is 0 Å². The topological polar surface area (TPSA) is 60.2 Å². The highest BCUT2D eigenvalue weighted by Gasteiger charge is 2.22. The minimum Gasteiger partial charge on any atom is -0.483 e. The fourth-order valence-corrected chi connectivity index (χ4v) is 2.23. The zero-order chi connectivity index (χ0) is 15.6. The van der Waals surface area contributed by atoms with Crippen LogP contribution in [0.2, 0.25) is 5.02 Å². The Kier molecular flexibility index (Phi) is 4.54. The lowest BCUT2D eigenvalue weighted by Gasteiger charge is -2.20. The summed E-state index contributed by atoms with van der Waals surface area (Å²) in [5, 5.41) is 14.9. The minimum absolute atomic E-state index is 0.299. The summed E-state index contributed by atoms with van der Waals surface area (Å²) in [7, 11) is 0. The number of hydrogen-bond acceptors (Lipinski definition) is 4. The molecule has 1 heterocycles. The number of benzene rings is 1. The third kappa shape index (κ3) is 4.44. The maximum absolute atomic E-state index is 9.97. The fraction of sp³-hybridized carbons (Fsp3) is 0.467. The van der Waals surface area contributed by atoms with Crippen LogP contribution in [0.5, 0.6) is 5.75 Å². The molecule has 0 saturated heterocycles. The lowest BCUT2D eigenvalue weighted by Crippen LogP contribution is -2.28. The van der Waals surface area contributed by atoms with Crippen molar-refractivity contribution in [3.63, 3.8) is 0 Å². The summed E-state index contributed by atoms with van der Waals surface area (Å²) >= 11 is 5.95. The highest BCUT2D eigenvalue weighted by atomic mass is 35.5. The summed E-state index contributed by atoms with van der Waals surface area (Å²) < 4.78 is 7.55. The number of aromatic nitrogens is 3. The maximum Gasteiger partial charge on any atom is 0.168 e. The minimum atomic E-state index is -0.870. The first-order chi connectivity index (χ1) is 9.74. The van der Waals surface area contributed by atoms with Crippen molar-refractivity contribution in [2.45, 2.75) is 45.9 Å². The van der Waals surface area contributed by atoms with Crippen molar-refractivity contribution in [1.82, 2.24) is 14.8 Å². The summed E-state index contributed by atoms with van der Waals surface area (Å²) in [5.41, 5.74) is -0.870. The van der Waals surface area contributed by atoms with Crippen LogP contribution in [0, 0.1) is 6.92 Å². The average Bonchev–Trinajstić information content (AvgIpc) is 2.67. The van der Waals surface area contributed by atoms with Crippen LogP contribution in [0.25, 0.3) is 0 Å². The van der Waals surface area contributed by atoms with Crippen molar-refractivity contribution < 1.29 is 9.84 Å². The van der Waals surface area contributed by atoms with E-state index in [1.807, 2.05) is 26.0 Å². The first-order valence-electron chi connectivity index (χ1n) is 6.80. The maximum atomic E-state index is 9.97. The van der Waals surface area contributed by atoms with Gasteiger partial charge >= 0.3 is 0 Å². The van der Waals surface area contributed by atoms with Crippen molar-refractivity contribution in [2.75, 3.05) is 0 Å². The molecule has 6 heteroatoms. The van der Waals surface area contributed by atoms with E-state index >= 15 is 0 Å². The van der Waals surface area contributed by atoms with Crippen molar-refractivity contribution in [3.8, 4) is 5.75 Å². The summed E-state index contributed by atoms with van der Waals surface area (Å²) in [5.74, 6) is 2.00. The van der Waals surface area contributed by atoms with Gasteiger partial charge in [0.25, 0.3) is 0 Å². The van der Waals surface area contributed by atoms with E-state index in [4.69, 9.17) is 16.3 Å². The van der Waals surface area contributed by atoms with E-state index in [-0.39, 0.29) is 6.10 Å². The molecular weight excluding hydrogens is 290 g/mol. The quantitative estimate of drug-likeness (QED) is 0.921. The van der Waals surface area contributed by atoms with Crippen molar-refractivity contribution in [3.05, 3.63) is 40.9 Å². The van der Waals surface area contributed by atoms with Crippen LogP contribution in [-0.2, 0) is 6.54 Å². The third-order valence-electron chi connectivity index (χ3n) is 2.82. The molecule has 0 aliphatic rings. The van der Waals surface area contributed by atoms with Crippen LogP contribution in [-0.4, -0.2) is 25.5 Å². The van der Waals surface area contributed by atoms with Gasteiger partial charge in [0.05, 0.1) is 12.1 Å². The Bertz CT molecular complexity index is 620. The molecule has 0 unspecified atom stereocenters. The highest BCUT2D eigenvalue weighted by molar-refractivity contribution is 6.30. The van der Waals surface area contributed by atoms with E-state index in [0.29, 0.717) is 29.0 Å². The molecule has 21 heavy (non-hydrogen) atoms. The van der Waals surface area contributed by atoms with Crippen LogP contribution < -0.4 is 4.74 Å². The van der Waals surface area contributed by atoms with Gasteiger partial charge in [-0.25, -0.2) is 9.67 Å². The molecule has 1 aromatic carbocycles. The zero-order valence-corrected chi connectivity index (χ0v) is 13.4. The first kappa shape index (κ1) is 15.8. The number of rotatable bonds is 5. The molecule has 1 atom stereocenters. The Balaban J connectivity index is 2.21. The predicted molar refractivity (Wildman–Crippen MR) is 81.6 cm³/mol. The molecule has 0 amide bonds. The molecule has 5 nitrogen and oxygen atoms in total. The van der Waals surface area contributed by atoms with Gasteiger partial charge in [-0.2, -0.15) is 5.10 Å². The normalized spacial score (nSPS) is 13.2. The highest BCUT2D eigenvalue weighted by Crippen LogP contribution is 2.24. The van der Waals surface area contributed by atoms with Gasteiger partial charge in [0.1, 0.15) is 11.6 Å². The van der Waals surface area contributed by atoms with Crippen LogP contribution >= 0.6 is 11.6 Å². The second-order valence-corrected chi connectivity index (χ2v) is 6.14. The molecule has 2 aromatic rings. The molecule has 1 N–H and O–H groups in total. The van der Waals surface area contributed by atoms with Gasteiger partial charge in [-0.1, -0.05) is 17.7 Å². The van der Waals surface area contributed by atoms with Crippen molar-refractivity contribution in [2.24, 2.45) is 0 Å². The zero-order valence-electron chi connectivity index (χ0n) is 12.7. The van der Waals surface area contributed by atoms with Gasteiger partial charge in [-0.15, -0.1) is 0 Å². The van der Waals surface area contributed by atoms with Crippen molar-refractivity contribution >= 4 is 11.6 Å². The molecule has 0 aliphatic carbocycles. The molecule has 0 spiro atoms. The molecule has 0 fully saturated rings. The van der Waals surface area contributed by atoms with Crippen LogP contribution in [0.1, 0.15) is 38.5 Å². The van der Waals surface area contributed by atoms with Gasteiger partial charge in [0.2, 0.25) is 0 Å². The largest absolute Gasteiger partial charge is 0.483 e. The van der Waals surface area contributed by atoms with Gasteiger partial charge in [0, 0.05) is 5.02 Å². The van der Waals surface area contributed by atoms with Crippen LogP contribution in [0.3, 0.4) is 0 Å². The predicted octanol–water partition coefficient (Wildman–Crippen LogP) is 3.15. The molecule has 0 radical (unpaired) electrons. The molecule has 1 aromatic heterocycles. The molecular formula is C15H20ClN3O2. The van der Waals surface area contributed by atoms with Gasteiger partial charge in [-0.05, 0) is 45.9 Å². The second kappa shape index (κ2) is 6.03. The fourth-order valence-electron chi connectivity index (χ4n) is 2.05. The van der Waals surface area contributed by atoms with E-state index in [1.165, 1.54) is 0 Å². The van der Waals surface area contributed by atoms with E-state index in [9.17, 15) is 5.11 Å². The lowest BCUT2D eigenvalue weighted by molar-refractivity contribution is 0.0541. The lowest BCUT2D eigenvalue weighted by atomic mass is 10.1. The molecule has 0 saturated carbocycles.